The molecular weight excluding hydrogens is 404 g/mol. The van der Waals surface area contributed by atoms with Gasteiger partial charge in [-0.05, 0) is 43.3 Å². The highest BCUT2D eigenvalue weighted by molar-refractivity contribution is 5.69. The highest BCUT2D eigenvalue weighted by atomic mass is 16.5. The molecule has 1 atom stereocenters. The second-order valence-corrected chi connectivity index (χ2v) is 7.01. The van der Waals surface area contributed by atoms with Crippen molar-refractivity contribution in [3.8, 4) is 40.3 Å². The van der Waals surface area contributed by atoms with Crippen molar-refractivity contribution in [1.82, 2.24) is 19.9 Å². The van der Waals surface area contributed by atoms with Crippen molar-refractivity contribution < 1.29 is 9.84 Å². The third-order valence-corrected chi connectivity index (χ3v) is 4.74. The first-order chi connectivity index (χ1) is 15.6. The average molecular weight is 424 g/mol. The predicted molar refractivity (Wildman–Crippen MR) is 118 cm³/mol. The molecule has 3 aromatic heterocycles. The summed E-state index contributed by atoms with van der Waals surface area (Å²) in [6.07, 6.45) is 2.49. The third-order valence-electron chi connectivity index (χ3n) is 4.74. The molecule has 0 fully saturated rings. The van der Waals surface area contributed by atoms with Crippen LogP contribution < -0.4 is 10.5 Å². The monoisotopic (exact) mass is 424 g/mol. The van der Waals surface area contributed by atoms with Gasteiger partial charge in [-0.1, -0.05) is 12.1 Å². The molecule has 8 nitrogen and oxygen atoms in total. The van der Waals surface area contributed by atoms with Crippen LogP contribution in [0.15, 0.2) is 67.0 Å². The molecule has 3 heterocycles. The number of hydrogen-bond donors (Lipinski definition) is 2. The van der Waals surface area contributed by atoms with E-state index in [1.54, 1.807) is 55.7 Å². The summed E-state index contributed by atoms with van der Waals surface area (Å²) in [6.45, 7) is 1.88. The fraction of sp³-hybridized carbons (Fsp3) is 0.125. The van der Waals surface area contributed by atoms with Crippen molar-refractivity contribution in [2.45, 2.75) is 13.0 Å². The van der Waals surface area contributed by atoms with Crippen LogP contribution in [0.25, 0.3) is 22.6 Å². The van der Waals surface area contributed by atoms with Gasteiger partial charge in [-0.2, -0.15) is 10.2 Å². The Morgan fingerprint density at radius 3 is 2.59 bits per heavy atom. The number of pyridine rings is 2. The molecule has 0 radical (unpaired) electrons. The lowest BCUT2D eigenvalue weighted by molar-refractivity contribution is 0.186. The summed E-state index contributed by atoms with van der Waals surface area (Å²) in [7, 11) is 0. The Bertz CT molecular complexity index is 1270. The highest BCUT2D eigenvalue weighted by Crippen LogP contribution is 2.34. The van der Waals surface area contributed by atoms with Gasteiger partial charge in [-0.3, -0.25) is 9.97 Å². The van der Waals surface area contributed by atoms with Gasteiger partial charge in [0.05, 0.1) is 34.8 Å². The first-order valence-corrected chi connectivity index (χ1v) is 9.91. The molecule has 0 saturated carbocycles. The van der Waals surface area contributed by atoms with E-state index in [1.165, 1.54) is 0 Å². The molecule has 0 aliphatic heterocycles. The quantitative estimate of drug-likeness (QED) is 0.480. The summed E-state index contributed by atoms with van der Waals surface area (Å²) in [4.78, 5) is 17.6. The molecule has 4 aromatic rings. The molecule has 0 unspecified atom stereocenters. The summed E-state index contributed by atoms with van der Waals surface area (Å²) >= 11 is 0. The fourth-order valence-corrected chi connectivity index (χ4v) is 3.14. The van der Waals surface area contributed by atoms with Crippen LogP contribution in [-0.4, -0.2) is 31.6 Å². The molecular formula is C24H20N6O2. The number of nitrogens with two attached hydrogens (primary N) is 1. The maximum Gasteiger partial charge on any atom is 0.223 e. The number of aliphatic hydroxyl groups excluding tert-OH is 1. The predicted octanol–water partition coefficient (Wildman–Crippen LogP) is 3.57. The van der Waals surface area contributed by atoms with Crippen LogP contribution in [0.1, 0.15) is 23.1 Å². The van der Waals surface area contributed by atoms with Gasteiger partial charge < -0.3 is 15.6 Å². The molecule has 0 aliphatic carbocycles. The number of rotatable bonds is 6. The number of aryl methyl sites for hydroxylation is 1. The Morgan fingerprint density at radius 2 is 1.91 bits per heavy atom. The van der Waals surface area contributed by atoms with E-state index in [9.17, 15) is 10.4 Å². The maximum atomic E-state index is 9.91. The zero-order chi connectivity index (χ0) is 22.5. The fourth-order valence-electron chi connectivity index (χ4n) is 3.14. The highest BCUT2D eigenvalue weighted by Gasteiger charge is 2.14. The van der Waals surface area contributed by atoms with E-state index in [2.05, 4.69) is 26.0 Å². The molecule has 1 aromatic carbocycles. The van der Waals surface area contributed by atoms with Gasteiger partial charge in [0.2, 0.25) is 5.88 Å². The summed E-state index contributed by atoms with van der Waals surface area (Å²) in [6, 6.07) is 18.0. The first-order valence-electron chi connectivity index (χ1n) is 9.91. The zero-order valence-corrected chi connectivity index (χ0v) is 17.3. The van der Waals surface area contributed by atoms with Crippen LogP contribution >= 0.6 is 0 Å². The molecule has 4 rings (SSSR count). The van der Waals surface area contributed by atoms with Gasteiger partial charge in [0.25, 0.3) is 0 Å². The third kappa shape index (κ3) is 4.59. The second kappa shape index (κ2) is 9.31. The van der Waals surface area contributed by atoms with Crippen molar-refractivity contribution in [1.29, 1.82) is 5.26 Å². The normalized spacial score (nSPS) is 11.6. The van der Waals surface area contributed by atoms with Crippen molar-refractivity contribution in [2.24, 2.45) is 5.73 Å². The summed E-state index contributed by atoms with van der Waals surface area (Å²) in [5, 5.41) is 19.3. The van der Waals surface area contributed by atoms with Crippen LogP contribution in [0.5, 0.6) is 11.6 Å². The number of aromatic nitrogens is 4. The van der Waals surface area contributed by atoms with Crippen molar-refractivity contribution >= 4 is 0 Å². The summed E-state index contributed by atoms with van der Waals surface area (Å²) in [5.41, 5.74) is 9.20. The Kier molecular flexibility index (Phi) is 6.12. The molecule has 0 aliphatic rings. The van der Waals surface area contributed by atoms with Crippen LogP contribution in [0, 0.1) is 18.3 Å². The van der Waals surface area contributed by atoms with Gasteiger partial charge in [0.1, 0.15) is 11.6 Å². The van der Waals surface area contributed by atoms with Gasteiger partial charge in [-0.25, -0.2) is 4.98 Å². The molecule has 0 bridgehead atoms. The summed E-state index contributed by atoms with van der Waals surface area (Å²) in [5.74, 6) is 1.28. The molecule has 0 spiro atoms. The van der Waals surface area contributed by atoms with Gasteiger partial charge in [0.15, 0.2) is 0 Å². The van der Waals surface area contributed by atoms with E-state index in [0.29, 0.717) is 51.2 Å². The van der Waals surface area contributed by atoms with Crippen molar-refractivity contribution in [2.75, 3.05) is 6.54 Å². The Balaban J connectivity index is 1.73. The topological polar surface area (TPSA) is 131 Å². The van der Waals surface area contributed by atoms with Gasteiger partial charge in [-0.15, -0.1) is 0 Å². The minimum absolute atomic E-state index is 0.109. The minimum atomic E-state index is -0.776. The van der Waals surface area contributed by atoms with Gasteiger partial charge >= 0.3 is 0 Å². The lowest BCUT2D eigenvalue weighted by Gasteiger charge is -2.13. The van der Waals surface area contributed by atoms with E-state index in [1.807, 2.05) is 18.2 Å². The van der Waals surface area contributed by atoms with E-state index in [0.717, 1.165) is 0 Å². The summed E-state index contributed by atoms with van der Waals surface area (Å²) < 4.78 is 6.11. The number of aliphatic hydroxyl groups is 1. The van der Waals surface area contributed by atoms with Crippen molar-refractivity contribution in [3.63, 3.8) is 0 Å². The molecule has 0 amide bonds. The Morgan fingerprint density at radius 1 is 1.03 bits per heavy atom. The number of benzene rings is 1. The van der Waals surface area contributed by atoms with Crippen LogP contribution in [-0.2, 0) is 0 Å². The number of nitrogens with zero attached hydrogens (tertiary/aromatic N) is 5. The zero-order valence-electron chi connectivity index (χ0n) is 17.3. The van der Waals surface area contributed by atoms with E-state index in [4.69, 9.17) is 10.5 Å². The van der Waals surface area contributed by atoms with Gasteiger partial charge in [0, 0.05) is 36.1 Å². The second-order valence-electron chi connectivity index (χ2n) is 7.01. The van der Waals surface area contributed by atoms with E-state index < -0.39 is 6.10 Å². The largest absolute Gasteiger partial charge is 0.438 e. The van der Waals surface area contributed by atoms with Crippen molar-refractivity contribution in [3.05, 3.63) is 83.9 Å². The van der Waals surface area contributed by atoms with Crippen LogP contribution in [0.4, 0.5) is 0 Å². The number of nitriles is 1. The Hall–Kier alpha value is -4.19. The molecule has 8 heteroatoms. The molecule has 158 valence electrons. The van der Waals surface area contributed by atoms with Crippen LogP contribution in [0.3, 0.4) is 0 Å². The van der Waals surface area contributed by atoms with Crippen LogP contribution in [0.2, 0.25) is 0 Å². The minimum Gasteiger partial charge on any atom is -0.438 e. The average Bonchev–Trinajstić information content (AvgIpc) is 2.84. The smallest absolute Gasteiger partial charge is 0.223 e. The lowest BCUT2D eigenvalue weighted by Crippen LogP contribution is -2.11. The standard InChI is InChI=1S/C24H20N6O2/c1-15-29-21(20-4-2-3-9-27-20)11-24(30-15)32-23-10-16(12-25)5-7-18(23)19-8-6-17(14-28-19)22(31)13-26/h2-11,14,22,31H,13,26H2,1H3/t22-/m1/s1. The number of hydrogen-bond acceptors (Lipinski definition) is 8. The first kappa shape index (κ1) is 21.1. The lowest BCUT2D eigenvalue weighted by atomic mass is 10.1. The molecule has 32 heavy (non-hydrogen) atoms. The van der Waals surface area contributed by atoms with E-state index in [-0.39, 0.29) is 6.54 Å². The SMILES string of the molecule is Cc1nc(Oc2cc(C#N)ccc2-c2ccc([C@H](O)CN)cn2)cc(-c2ccccn2)n1. The molecule has 0 saturated heterocycles. The molecule has 3 N–H and O–H groups in total. The maximum absolute atomic E-state index is 9.91. The number of ether oxygens (including phenoxy) is 1. The van der Waals surface area contributed by atoms with E-state index >= 15 is 0 Å². The Labute approximate surface area is 185 Å².